The van der Waals surface area contributed by atoms with Crippen LogP contribution in [0.25, 0.3) is 0 Å². The highest BCUT2D eigenvalue weighted by Crippen LogP contribution is 2.31. The van der Waals surface area contributed by atoms with Gasteiger partial charge in [-0.25, -0.2) is 0 Å². The van der Waals surface area contributed by atoms with E-state index in [1.807, 2.05) is 0 Å². The Bertz CT molecular complexity index is 222. The molecule has 2 fully saturated rings. The van der Waals surface area contributed by atoms with Crippen LogP contribution in [0.1, 0.15) is 32.6 Å². The van der Waals surface area contributed by atoms with Gasteiger partial charge in [0.25, 0.3) is 0 Å². The summed E-state index contributed by atoms with van der Waals surface area (Å²) in [5.74, 6) is 0.976. The predicted molar refractivity (Wildman–Crippen MR) is 71.3 cm³/mol. The van der Waals surface area contributed by atoms with E-state index in [4.69, 9.17) is 4.74 Å². The van der Waals surface area contributed by atoms with Gasteiger partial charge in [0, 0.05) is 31.7 Å². The molecule has 1 saturated heterocycles. The Balaban J connectivity index is 1.85. The van der Waals surface area contributed by atoms with Crippen molar-refractivity contribution in [2.75, 3.05) is 46.4 Å². The van der Waals surface area contributed by atoms with Gasteiger partial charge in [-0.15, -0.1) is 0 Å². The molecule has 1 unspecified atom stereocenters. The van der Waals surface area contributed by atoms with Crippen LogP contribution in [0.3, 0.4) is 0 Å². The summed E-state index contributed by atoms with van der Waals surface area (Å²) in [4.78, 5) is 2.65. The molecule has 1 N–H and O–H groups in total. The average molecular weight is 240 g/mol. The van der Waals surface area contributed by atoms with Gasteiger partial charge >= 0.3 is 0 Å². The Morgan fingerprint density at radius 1 is 1.41 bits per heavy atom. The van der Waals surface area contributed by atoms with Gasteiger partial charge in [0.2, 0.25) is 0 Å². The third kappa shape index (κ3) is 3.43. The molecule has 0 aromatic heterocycles. The normalized spacial score (nSPS) is 29.8. The fraction of sp³-hybridized carbons (Fsp3) is 1.00. The molecule has 1 aliphatic carbocycles. The van der Waals surface area contributed by atoms with E-state index in [2.05, 4.69) is 24.2 Å². The van der Waals surface area contributed by atoms with Crippen molar-refractivity contribution in [1.29, 1.82) is 0 Å². The average Bonchev–Trinajstić information content (AvgIpc) is 2.71. The predicted octanol–water partition coefficient (Wildman–Crippen LogP) is 1.73. The molecule has 1 atom stereocenters. The highest BCUT2D eigenvalue weighted by atomic mass is 16.5. The minimum atomic E-state index is 0.370. The Labute approximate surface area is 106 Å². The fourth-order valence-electron chi connectivity index (χ4n) is 3.16. The second kappa shape index (κ2) is 6.17. The van der Waals surface area contributed by atoms with E-state index in [0.29, 0.717) is 5.41 Å². The molecule has 0 radical (unpaired) electrons. The molecule has 2 aliphatic rings. The summed E-state index contributed by atoms with van der Waals surface area (Å²) in [5, 5.41) is 3.35. The van der Waals surface area contributed by atoms with Gasteiger partial charge in [0.15, 0.2) is 0 Å². The monoisotopic (exact) mass is 240 g/mol. The molecule has 17 heavy (non-hydrogen) atoms. The number of nitrogens with one attached hydrogen (secondary N) is 1. The lowest BCUT2D eigenvalue weighted by Crippen LogP contribution is -2.46. The summed E-state index contributed by atoms with van der Waals surface area (Å²) < 4.78 is 5.64. The topological polar surface area (TPSA) is 24.5 Å². The van der Waals surface area contributed by atoms with Gasteiger partial charge in [-0.2, -0.15) is 0 Å². The zero-order chi connectivity index (χ0) is 12.1. The zero-order valence-electron chi connectivity index (χ0n) is 11.5. The standard InChI is InChI=1S/C14H28N2O/c1-3-16(9-13-5-4-6-13)11-14(10-15-2)7-8-17-12-14/h13,15H,3-12H2,1-2H3. The van der Waals surface area contributed by atoms with Gasteiger partial charge in [-0.1, -0.05) is 13.3 Å². The van der Waals surface area contributed by atoms with Crippen molar-refractivity contribution in [2.45, 2.75) is 32.6 Å². The van der Waals surface area contributed by atoms with E-state index in [1.54, 1.807) is 0 Å². The van der Waals surface area contributed by atoms with Gasteiger partial charge in [0.05, 0.1) is 6.61 Å². The molecule has 2 rings (SSSR count). The maximum atomic E-state index is 5.64. The summed E-state index contributed by atoms with van der Waals surface area (Å²) in [6, 6.07) is 0. The van der Waals surface area contributed by atoms with Crippen molar-refractivity contribution >= 4 is 0 Å². The van der Waals surface area contributed by atoms with Crippen molar-refractivity contribution in [3.05, 3.63) is 0 Å². The molecule has 1 aliphatic heterocycles. The lowest BCUT2D eigenvalue weighted by Gasteiger charge is -2.37. The number of hydrogen-bond donors (Lipinski definition) is 1. The molecule has 1 saturated carbocycles. The van der Waals surface area contributed by atoms with Crippen LogP contribution in [-0.2, 0) is 4.74 Å². The Kier molecular flexibility index (Phi) is 4.83. The van der Waals surface area contributed by atoms with E-state index in [-0.39, 0.29) is 0 Å². The molecular formula is C14H28N2O. The molecule has 100 valence electrons. The van der Waals surface area contributed by atoms with Crippen molar-refractivity contribution in [3.8, 4) is 0 Å². The van der Waals surface area contributed by atoms with E-state index in [1.165, 1.54) is 45.3 Å². The van der Waals surface area contributed by atoms with Crippen LogP contribution in [-0.4, -0.2) is 51.3 Å². The van der Waals surface area contributed by atoms with Gasteiger partial charge < -0.3 is 15.0 Å². The summed E-state index contributed by atoms with van der Waals surface area (Å²) in [7, 11) is 2.06. The maximum absolute atomic E-state index is 5.64. The summed E-state index contributed by atoms with van der Waals surface area (Å²) >= 11 is 0. The van der Waals surface area contributed by atoms with Crippen molar-refractivity contribution in [1.82, 2.24) is 10.2 Å². The number of rotatable bonds is 7. The lowest BCUT2D eigenvalue weighted by atomic mass is 9.83. The summed E-state index contributed by atoms with van der Waals surface area (Å²) in [6.07, 6.45) is 5.57. The molecule has 0 aromatic carbocycles. The molecule has 0 aromatic rings. The zero-order valence-corrected chi connectivity index (χ0v) is 11.5. The van der Waals surface area contributed by atoms with Crippen LogP contribution < -0.4 is 5.32 Å². The molecule has 0 bridgehead atoms. The van der Waals surface area contributed by atoms with Crippen molar-refractivity contribution in [2.24, 2.45) is 11.3 Å². The Morgan fingerprint density at radius 3 is 2.71 bits per heavy atom. The maximum Gasteiger partial charge on any atom is 0.0547 e. The number of ether oxygens (including phenoxy) is 1. The van der Waals surface area contributed by atoms with Gasteiger partial charge in [-0.3, -0.25) is 0 Å². The van der Waals surface area contributed by atoms with Crippen LogP contribution in [0, 0.1) is 11.3 Å². The molecule has 3 nitrogen and oxygen atoms in total. The van der Waals surface area contributed by atoms with Gasteiger partial charge in [-0.05, 0) is 38.8 Å². The number of hydrogen-bond acceptors (Lipinski definition) is 3. The van der Waals surface area contributed by atoms with Crippen LogP contribution in [0.2, 0.25) is 0 Å². The Morgan fingerprint density at radius 2 is 2.24 bits per heavy atom. The fourth-order valence-corrected chi connectivity index (χ4v) is 3.16. The third-order valence-corrected chi connectivity index (χ3v) is 4.48. The summed E-state index contributed by atoms with van der Waals surface area (Å²) in [6.45, 7) is 8.97. The minimum Gasteiger partial charge on any atom is -0.381 e. The second-order valence-electron chi connectivity index (χ2n) is 5.96. The van der Waals surface area contributed by atoms with E-state index < -0.39 is 0 Å². The smallest absolute Gasteiger partial charge is 0.0547 e. The van der Waals surface area contributed by atoms with Crippen LogP contribution >= 0.6 is 0 Å². The van der Waals surface area contributed by atoms with Gasteiger partial charge in [0.1, 0.15) is 0 Å². The third-order valence-electron chi connectivity index (χ3n) is 4.48. The molecule has 1 heterocycles. The summed E-state index contributed by atoms with van der Waals surface area (Å²) in [5.41, 5.74) is 0.370. The molecule has 3 heteroatoms. The van der Waals surface area contributed by atoms with E-state index in [0.717, 1.165) is 25.7 Å². The van der Waals surface area contributed by atoms with E-state index >= 15 is 0 Å². The first-order valence-electron chi connectivity index (χ1n) is 7.23. The molecule has 0 spiro atoms. The first kappa shape index (κ1) is 13.3. The largest absolute Gasteiger partial charge is 0.381 e. The second-order valence-corrected chi connectivity index (χ2v) is 5.96. The molecular weight excluding hydrogens is 212 g/mol. The van der Waals surface area contributed by atoms with Crippen LogP contribution in [0.4, 0.5) is 0 Å². The van der Waals surface area contributed by atoms with E-state index in [9.17, 15) is 0 Å². The molecule has 0 amide bonds. The van der Waals surface area contributed by atoms with Crippen LogP contribution in [0.5, 0.6) is 0 Å². The Hall–Kier alpha value is -0.120. The van der Waals surface area contributed by atoms with Crippen molar-refractivity contribution in [3.63, 3.8) is 0 Å². The highest BCUT2D eigenvalue weighted by molar-refractivity contribution is 4.89. The first-order valence-corrected chi connectivity index (χ1v) is 7.23. The highest BCUT2D eigenvalue weighted by Gasteiger charge is 2.36. The quantitative estimate of drug-likeness (QED) is 0.733. The van der Waals surface area contributed by atoms with Crippen molar-refractivity contribution < 1.29 is 4.74 Å². The lowest BCUT2D eigenvalue weighted by molar-refractivity contribution is 0.0929. The minimum absolute atomic E-state index is 0.370. The SMILES string of the molecule is CCN(CC1CCC1)CC1(CNC)CCOC1. The van der Waals surface area contributed by atoms with Crippen LogP contribution in [0.15, 0.2) is 0 Å². The number of nitrogens with zero attached hydrogens (tertiary/aromatic N) is 1. The first-order chi connectivity index (χ1) is 8.28.